The van der Waals surface area contributed by atoms with Gasteiger partial charge in [0.05, 0.1) is 27.3 Å². The molecule has 0 radical (unpaired) electrons. The van der Waals surface area contributed by atoms with E-state index in [0.29, 0.717) is 32.5 Å². The number of aryl methyl sites for hydroxylation is 1. The Hall–Kier alpha value is -1.98. The van der Waals surface area contributed by atoms with Crippen molar-refractivity contribution >= 4 is 47.7 Å². The molecular formula is C22H26FIN2O4Si. The van der Waals surface area contributed by atoms with Crippen LogP contribution in [0.2, 0.25) is 25.7 Å². The largest absolute Gasteiger partial charge is 0.465 e. The first-order valence-electron chi connectivity index (χ1n) is 9.89. The fraction of sp³-hybridized carbons (Fsp3) is 0.364. The quantitative estimate of drug-likeness (QED) is 0.148. The molecule has 0 saturated carbocycles. The molecule has 2 aromatic carbocycles. The molecule has 0 spiro atoms. The van der Waals surface area contributed by atoms with E-state index in [1.54, 1.807) is 28.8 Å². The van der Waals surface area contributed by atoms with Gasteiger partial charge in [0, 0.05) is 20.7 Å². The second-order valence-electron chi connectivity index (χ2n) is 8.50. The number of ether oxygens (including phenoxy) is 3. The summed E-state index contributed by atoms with van der Waals surface area (Å²) in [6.45, 7) is 9.47. The summed E-state index contributed by atoms with van der Waals surface area (Å²) in [6, 6.07) is 9.54. The molecule has 0 N–H and O–H groups in total. The average Bonchev–Trinajstić information content (AvgIpc) is 3.01. The highest BCUT2D eigenvalue weighted by Gasteiger charge is 2.18. The Morgan fingerprint density at radius 3 is 2.65 bits per heavy atom. The predicted molar refractivity (Wildman–Crippen MR) is 129 cm³/mol. The van der Waals surface area contributed by atoms with Crippen LogP contribution in [-0.2, 0) is 16.2 Å². The van der Waals surface area contributed by atoms with Crippen LogP contribution in [-0.4, -0.2) is 37.3 Å². The van der Waals surface area contributed by atoms with Gasteiger partial charge in [-0.05, 0) is 59.3 Å². The maximum Gasteiger partial charge on any atom is 0.338 e. The van der Waals surface area contributed by atoms with Crippen LogP contribution in [0.25, 0.3) is 11.0 Å². The van der Waals surface area contributed by atoms with E-state index >= 15 is 0 Å². The highest BCUT2D eigenvalue weighted by molar-refractivity contribution is 14.1. The first-order chi connectivity index (χ1) is 14.6. The van der Waals surface area contributed by atoms with Gasteiger partial charge >= 0.3 is 12.0 Å². The van der Waals surface area contributed by atoms with Crippen LogP contribution >= 0.6 is 22.6 Å². The maximum absolute atomic E-state index is 14.3. The summed E-state index contributed by atoms with van der Waals surface area (Å²) in [5.41, 5.74) is 2.38. The second kappa shape index (κ2) is 9.66. The van der Waals surface area contributed by atoms with Gasteiger partial charge in [-0.3, -0.25) is 4.57 Å². The van der Waals surface area contributed by atoms with Gasteiger partial charge in [0.15, 0.2) is 0 Å². The van der Waals surface area contributed by atoms with Crippen molar-refractivity contribution in [3.05, 3.63) is 50.8 Å². The number of imidazole rings is 1. The number of benzene rings is 2. The summed E-state index contributed by atoms with van der Waals surface area (Å²) in [5.74, 6) is -0.339. The fourth-order valence-electron chi connectivity index (χ4n) is 2.93. The zero-order chi connectivity index (χ0) is 22.8. The number of methoxy groups -OCH3 is 1. The highest BCUT2D eigenvalue weighted by atomic mass is 127. The van der Waals surface area contributed by atoms with Gasteiger partial charge in [-0.1, -0.05) is 25.7 Å². The lowest BCUT2D eigenvalue weighted by molar-refractivity contribution is 0.0599. The van der Waals surface area contributed by atoms with Crippen LogP contribution in [0.1, 0.15) is 15.9 Å². The molecule has 0 aliphatic rings. The van der Waals surface area contributed by atoms with Crippen LogP contribution in [0.15, 0.2) is 30.3 Å². The Labute approximate surface area is 195 Å². The monoisotopic (exact) mass is 556 g/mol. The molecular weight excluding hydrogens is 530 g/mol. The van der Waals surface area contributed by atoms with Crippen molar-refractivity contribution in [1.82, 2.24) is 9.55 Å². The van der Waals surface area contributed by atoms with E-state index in [9.17, 15) is 9.18 Å². The number of halogens is 2. The third-order valence-corrected chi connectivity index (χ3v) is 7.33. The SMILES string of the molecule is COC(=O)c1cc(Oc2nc3cc(I)c(F)cc3n2COCC[Si](C)(C)C)ccc1C. The van der Waals surface area contributed by atoms with Gasteiger partial charge in [-0.15, -0.1) is 0 Å². The smallest absolute Gasteiger partial charge is 0.338 e. The molecule has 0 aliphatic carbocycles. The van der Waals surface area contributed by atoms with Crippen molar-refractivity contribution in [2.24, 2.45) is 0 Å². The lowest BCUT2D eigenvalue weighted by Gasteiger charge is -2.16. The average molecular weight is 556 g/mol. The number of carbonyl (C=O) groups is 1. The molecule has 0 atom stereocenters. The number of fused-ring (bicyclic) bond motifs is 1. The van der Waals surface area contributed by atoms with E-state index in [1.807, 2.05) is 29.5 Å². The Morgan fingerprint density at radius 1 is 1.23 bits per heavy atom. The summed E-state index contributed by atoms with van der Waals surface area (Å²) in [4.78, 5) is 16.6. The lowest BCUT2D eigenvalue weighted by Crippen LogP contribution is -2.22. The molecule has 3 aromatic rings. The predicted octanol–water partition coefficient (Wildman–Crippen LogP) is 5.98. The molecule has 0 saturated heterocycles. The Bertz CT molecular complexity index is 1110. The van der Waals surface area contributed by atoms with Gasteiger partial charge in [0.2, 0.25) is 0 Å². The van der Waals surface area contributed by atoms with E-state index < -0.39 is 14.0 Å². The summed E-state index contributed by atoms with van der Waals surface area (Å²) < 4.78 is 33.2. The highest BCUT2D eigenvalue weighted by Crippen LogP contribution is 2.29. The molecule has 0 fully saturated rings. The second-order valence-corrected chi connectivity index (χ2v) is 15.3. The van der Waals surface area contributed by atoms with Gasteiger partial charge in [-0.25, -0.2) is 9.18 Å². The summed E-state index contributed by atoms with van der Waals surface area (Å²) >= 11 is 1.94. The molecule has 6 nitrogen and oxygen atoms in total. The third kappa shape index (κ3) is 5.83. The first-order valence-corrected chi connectivity index (χ1v) is 14.7. The van der Waals surface area contributed by atoms with Crippen LogP contribution in [0.4, 0.5) is 4.39 Å². The standard InChI is InChI=1S/C22H26FIN2O4Si/c1-14-6-7-15(10-16(14)21(27)28-2)30-22-25-19-12-18(24)17(23)11-20(19)26(22)13-29-8-9-31(3,4)5/h6-7,10-12H,8-9,13H2,1-5H3. The summed E-state index contributed by atoms with van der Waals surface area (Å²) in [5, 5.41) is 0. The number of carbonyl (C=O) groups excluding carboxylic acids is 1. The van der Waals surface area contributed by atoms with Crippen molar-refractivity contribution in [2.75, 3.05) is 13.7 Å². The van der Waals surface area contributed by atoms with E-state index in [0.717, 1.165) is 11.6 Å². The number of nitrogens with zero attached hydrogens (tertiary/aromatic N) is 2. The molecule has 9 heteroatoms. The van der Waals surface area contributed by atoms with Crippen LogP contribution in [0.5, 0.6) is 11.8 Å². The van der Waals surface area contributed by atoms with Crippen molar-refractivity contribution in [1.29, 1.82) is 0 Å². The molecule has 0 aliphatic heterocycles. The van der Waals surface area contributed by atoms with E-state index in [1.165, 1.54) is 13.2 Å². The van der Waals surface area contributed by atoms with E-state index in [4.69, 9.17) is 14.2 Å². The van der Waals surface area contributed by atoms with Crippen molar-refractivity contribution < 1.29 is 23.4 Å². The van der Waals surface area contributed by atoms with Gasteiger partial charge in [-0.2, -0.15) is 4.98 Å². The topological polar surface area (TPSA) is 62.6 Å². The Kier molecular flexibility index (Phi) is 7.38. The lowest BCUT2D eigenvalue weighted by atomic mass is 10.1. The maximum atomic E-state index is 14.3. The van der Waals surface area contributed by atoms with Gasteiger partial charge in [0.25, 0.3) is 0 Å². The van der Waals surface area contributed by atoms with Crippen molar-refractivity contribution in [3.63, 3.8) is 0 Å². The molecule has 166 valence electrons. The van der Waals surface area contributed by atoms with E-state index in [2.05, 4.69) is 24.6 Å². The molecule has 3 rings (SSSR count). The van der Waals surface area contributed by atoms with Crippen molar-refractivity contribution in [2.45, 2.75) is 39.3 Å². The van der Waals surface area contributed by atoms with Gasteiger partial charge in [0.1, 0.15) is 18.3 Å². The molecule has 1 aromatic heterocycles. The summed E-state index contributed by atoms with van der Waals surface area (Å²) in [7, 11) is 0.1000. The number of rotatable bonds is 8. The molecule has 0 amide bonds. The Balaban J connectivity index is 1.94. The van der Waals surface area contributed by atoms with E-state index in [-0.39, 0.29) is 18.6 Å². The number of aromatic nitrogens is 2. The normalized spacial score (nSPS) is 11.7. The summed E-state index contributed by atoms with van der Waals surface area (Å²) in [6.07, 6.45) is 0. The minimum Gasteiger partial charge on any atom is -0.465 e. The Morgan fingerprint density at radius 2 is 1.97 bits per heavy atom. The number of hydrogen-bond donors (Lipinski definition) is 0. The first kappa shape index (κ1) is 23.7. The number of esters is 1. The third-order valence-electron chi connectivity index (χ3n) is 4.80. The fourth-order valence-corrected chi connectivity index (χ4v) is 4.14. The van der Waals surface area contributed by atoms with Crippen LogP contribution in [0, 0.1) is 16.3 Å². The molecule has 1 heterocycles. The minimum atomic E-state index is -1.24. The zero-order valence-corrected chi connectivity index (χ0v) is 21.4. The van der Waals surface area contributed by atoms with Crippen LogP contribution in [0.3, 0.4) is 0 Å². The zero-order valence-electron chi connectivity index (χ0n) is 18.3. The molecule has 0 bridgehead atoms. The van der Waals surface area contributed by atoms with Crippen LogP contribution < -0.4 is 4.74 Å². The molecule has 31 heavy (non-hydrogen) atoms. The van der Waals surface area contributed by atoms with Crippen molar-refractivity contribution in [3.8, 4) is 11.8 Å². The minimum absolute atomic E-state index is 0.187. The number of hydrogen-bond acceptors (Lipinski definition) is 5. The molecule has 0 unspecified atom stereocenters. The van der Waals surface area contributed by atoms with Gasteiger partial charge < -0.3 is 14.2 Å².